The third kappa shape index (κ3) is 3.01. The number of imide groups is 1. The van der Waals surface area contributed by atoms with Gasteiger partial charge in [0.05, 0.1) is 6.04 Å². The minimum absolute atomic E-state index is 0.1000. The molecule has 0 bridgehead atoms. The van der Waals surface area contributed by atoms with Crippen LogP contribution in [0.5, 0.6) is 0 Å². The number of piperidine rings is 1. The van der Waals surface area contributed by atoms with Gasteiger partial charge in [0.25, 0.3) is 0 Å². The van der Waals surface area contributed by atoms with Crippen molar-refractivity contribution in [2.75, 3.05) is 6.54 Å². The Morgan fingerprint density at radius 3 is 2.79 bits per heavy atom. The van der Waals surface area contributed by atoms with Crippen molar-refractivity contribution in [3.05, 3.63) is 34.9 Å². The van der Waals surface area contributed by atoms with Gasteiger partial charge in [-0.2, -0.15) is 0 Å². The zero-order valence-electron chi connectivity index (χ0n) is 11.5. The Labute approximate surface area is 113 Å². The van der Waals surface area contributed by atoms with Crippen molar-refractivity contribution < 1.29 is 9.59 Å². The van der Waals surface area contributed by atoms with Crippen molar-refractivity contribution in [1.82, 2.24) is 4.90 Å². The molecular formula is C15H20N2O2. The molecule has 4 heteroatoms. The number of carbonyl (C=O) groups excluding carboxylic acids is 2. The molecule has 1 fully saturated rings. The van der Waals surface area contributed by atoms with Crippen LogP contribution in [-0.4, -0.2) is 29.3 Å². The summed E-state index contributed by atoms with van der Waals surface area (Å²) in [7, 11) is 0. The van der Waals surface area contributed by atoms with Crippen molar-refractivity contribution in [3.63, 3.8) is 0 Å². The average molecular weight is 260 g/mol. The summed E-state index contributed by atoms with van der Waals surface area (Å²) in [6.45, 7) is 4.51. The number of hydrogen-bond donors (Lipinski definition) is 1. The maximum atomic E-state index is 11.9. The predicted octanol–water partition coefficient (Wildman–Crippen LogP) is 1.32. The number of hydrogen-bond acceptors (Lipinski definition) is 3. The Kier molecular flexibility index (Phi) is 4.00. The van der Waals surface area contributed by atoms with Gasteiger partial charge in [-0.05, 0) is 37.8 Å². The summed E-state index contributed by atoms with van der Waals surface area (Å²) in [6.07, 6.45) is 1.54. The zero-order valence-corrected chi connectivity index (χ0v) is 11.5. The lowest BCUT2D eigenvalue weighted by Gasteiger charge is -2.28. The number of likely N-dealkylation sites (tertiary alicyclic amines) is 1. The standard InChI is InChI=1S/C15H20N2O2/c1-10-3-4-11(2)12(9-10)7-8-17-14(18)6-5-13(16)15(17)19/h3-4,9,13H,5-8,16H2,1-2H3. The van der Waals surface area contributed by atoms with Gasteiger partial charge in [0.2, 0.25) is 11.8 Å². The molecule has 1 aromatic carbocycles. The molecule has 1 saturated heterocycles. The van der Waals surface area contributed by atoms with Crippen LogP contribution in [0.25, 0.3) is 0 Å². The van der Waals surface area contributed by atoms with E-state index >= 15 is 0 Å². The molecule has 1 heterocycles. The smallest absolute Gasteiger partial charge is 0.246 e. The van der Waals surface area contributed by atoms with E-state index in [1.54, 1.807) is 0 Å². The SMILES string of the molecule is Cc1ccc(C)c(CCN2C(=O)CCC(N)C2=O)c1. The normalized spacial score (nSPS) is 19.9. The zero-order chi connectivity index (χ0) is 14.0. The minimum Gasteiger partial charge on any atom is -0.320 e. The van der Waals surface area contributed by atoms with Crippen LogP contribution in [0, 0.1) is 13.8 Å². The lowest BCUT2D eigenvalue weighted by molar-refractivity contribution is -0.149. The van der Waals surface area contributed by atoms with Crippen LogP contribution >= 0.6 is 0 Å². The lowest BCUT2D eigenvalue weighted by Crippen LogP contribution is -2.51. The number of amides is 2. The van der Waals surface area contributed by atoms with Crippen LogP contribution in [0.1, 0.15) is 29.5 Å². The molecule has 2 N–H and O–H groups in total. The molecule has 1 aliphatic rings. The van der Waals surface area contributed by atoms with Crippen molar-refractivity contribution in [2.45, 2.75) is 39.2 Å². The summed E-state index contributed by atoms with van der Waals surface area (Å²) in [5.74, 6) is -0.335. The maximum Gasteiger partial charge on any atom is 0.246 e. The average Bonchev–Trinajstić information content (AvgIpc) is 2.38. The number of nitrogens with two attached hydrogens (primary N) is 1. The number of rotatable bonds is 3. The Morgan fingerprint density at radius 2 is 2.05 bits per heavy atom. The molecule has 1 aromatic rings. The van der Waals surface area contributed by atoms with Gasteiger partial charge in [0.15, 0.2) is 0 Å². The summed E-state index contributed by atoms with van der Waals surface area (Å²) < 4.78 is 0. The summed E-state index contributed by atoms with van der Waals surface area (Å²) in [6, 6.07) is 5.72. The molecule has 1 aliphatic heterocycles. The van der Waals surface area contributed by atoms with Gasteiger partial charge < -0.3 is 5.73 Å². The summed E-state index contributed by atoms with van der Waals surface area (Å²) in [5.41, 5.74) is 9.27. The molecule has 1 unspecified atom stereocenters. The Morgan fingerprint density at radius 1 is 1.32 bits per heavy atom. The minimum atomic E-state index is -0.517. The second-order valence-corrected chi connectivity index (χ2v) is 5.21. The Balaban J connectivity index is 2.07. The second-order valence-electron chi connectivity index (χ2n) is 5.21. The molecule has 102 valence electrons. The fourth-order valence-corrected chi connectivity index (χ4v) is 2.40. The van der Waals surface area contributed by atoms with Gasteiger partial charge in [-0.1, -0.05) is 23.8 Å². The number of nitrogens with zero attached hydrogens (tertiary/aromatic N) is 1. The predicted molar refractivity (Wildman–Crippen MR) is 73.5 cm³/mol. The van der Waals surface area contributed by atoms with E-state index in [4.69, 9.17) is 5.73 Å². The van der Waals surface area contributed by atoms with Gasteiger partial charge >= 0.3 is 0 Å². The first-order valence-electron chi connectivity index (χ1n) is 6.65. The van der Waals surface area contributed by atoms with Crippen LogP contribution < -0.4 is 5.73 Å². The van der Waals surface area contributed by atoms with E-state index < -0.39 is 6.04 Å². The molecule has 0 radical (unpaired) electrons. The van der Waals surface area contributed by atoms with Crippen LogP contribution in [0.4, 0.5) is 0 Å². The summed E-state index contributed by atoms with van der Waals surface area (Å²) in [5, 5.41) is 0. The molecule has 19 heavy (non-hydrogen) atoms. The first-order chi connectivity index (χ1) is 8.99. The van der Waals surface area contributed by atoms with Crippen molar-refractivity contribution in [2.24, 2.45) is 5.73 Å². The largest absolute Gasteiger partial charge is 0.320 e. The molecule has 2 amide bonds. The van der Waals surface area contributed by atoms with E-state index in [0.29, 0.717) is 25.8 Å². The fraction of sp³-hybridized carbons (Fsp3) is 0.467. The molecular weight excluding hydrogens is 240 g/mol. The maximum absolute atomic E-state index is 11.9. The Bertz CT molecular complexity index is 511. The number of aryl methyl sites for hydroxylation is 2. The summed E-state index contributed by atoms with van der Waals surface area (Å²) >= 11 is 0. The monoisotopic (exact) mass is 260 g/mol. The van der Waals surface area contributed by atoms with E-state index in [1.807, 2.05) is 13.8 Å². The first-order valence-corrected chi connectivity index (χ1v) is 6.65. The molecule has 2 rings (SSSR count). The quantitative estimate of drug-likeness (QED) is 0.834. The van der Waals surface area contributed by atoms with Gasteiger partial charge in [-0.15, -0.1) is 0 Å². The van der Waals surface area contributed by atoms with Crippen LogP contribution in [0.2, 0.25) is 0 Å². The van der Waals surface area contributed by atoms with E-state index in [2.05, 4.69) is 18.2 Å². The van der Waals surface area contributed by atoms with E-state index in [1.165, 1.54) is 21.6 Å². The highest BCUT2D eigenvalue weighted by Crippen LogP contribution is 2.15. The molecule has 0 spiro atoms. The lowest BCUT2D eigenvalue weighted by atomic mass is 10.0. The topological polar surface area (TPSA) is 63.4 Å². The van der Waals surface area contributed by atoms with Gasteiger partial charge in [0, 0.05) is 13.0 Å². The first kappa shape index (κ1) is 13.7. The van der Waals surface area contributed by atoms with Crippen LogP contribution in [-0.2, 0) is 16.0 Å². The van der Waals surface area contributed by atoms with E-state index in [9.17, 15) is 9.59 Å². The number of benzene rings is 1. The Hall–Kier alpha value is -1.68. The van der Waals surface area contributed by atoms with Gasteiger partial charge in [-0.25, -0.2) is 0 Å². The fourth-order valence-electron chi connectivity index (χ4n) is 2.40. The highest BCUT2D eigenvalue weighted by Gasteiger charge is 2.31. The third-order valence-electron chi connectivity index (χ3n) is 3.66. The highest BCUT2D eigenvalue weighted by atomic mass is 16.2. The van der Waals surface area contributed by atoms with Crippen molar-refractivity contribution in [3.8, 4) is 0 Å². The van der Waals surface area contributed by atoms with Crippen LogP contribution in [0.3, 0.4) is 0 Å². The third-order valence-corrected chi connectivity index (χ3v) is 3.66. The van der Waals surface area contributed by atoms with Crippen molar-refractivity contribution in [1.29, 1.82) is 0 Å². The molecule has 4 nitrogen and oxygen atoms in total. The molecule has 0 aromatic heterocycles. The van der Waals surface area contributed by atoms with Crippen LogP contribution in [0.15, 0.2) is 18.2 Å². The van der Waals surface area contributed by atoms with Gasteiger partial charge in [-0.3, -0.25) is 14.5 Å². The van der Waals surface area contributed by atoms with Crippen molar-refractivity contribution >= 4 is 11.8 Å². The molecule has 0 aliphatic carbocycles. The highest BCUT2D eigenvalue weighted by molar-refractivity contribution is 6.00. The molecule has 0 saturated carbocycles. The molecule has 1 atom stereocenters. The van der Waals surface area contributed by atoms with Gasteiger partial charge in [0.1, 0.15) is 0 Å². The number of carbonyl (C=O) groups is 2. The van der Waals surface area contributed by atoms with E-state index in [-0.39, 0.29) is 11.8 Å². The summed E-state index contributed by atoms with van der Waals surface area (Å²) in [4.78, 5) is 25.0. The second kappa shape index (κ2) is 5.53. The van der Waals surface area contributed by atoms with E-state index in [0.717, 1.165) is 0 Å².